The Kier molecular flexibility index (Phi) is 4.69. The van der Waals surface area contributed by atoms with Crippen molar-refractivity contribution in [3.63, 3.8) is 0 Å². The third-order valence-corrected chi connectivity index (χ3v) is 2.35. The third-order valence-electron chi connectivity index (χ3n) is 2.35. The Morgan fingerprint density at radius 1 is 1.31 bits per heavy atom. The quantitative estimate of drug-likeness (QED) is 0.710. The predicted molar refractivity (Wildman–Crippen MR) is 67.9 cm³/mol. The molecule has 0 fully saturated rings. The molecule has 0 saturated heterocycles. The minimum Gasteiger partial charge on any atom is -0.302 e. The highest BCUT2D eigenvalue weighted by Crippen LogP contribution is 2.11. The maximum absolute atomic E-state index is 11.9. The molecule has 2 heteroatoms. The number of carbonyl (C=O) groups excluding carboxylic acids is 1. The first kappa shape index (κ1) is 12.9. The van der Waals surface area contributed by atoms with Gasteiger partial charge in [0, 0.05) is 5.56 Å². The van der Waals surface area contributed by atoms with Crippen LogP contribution in [0.5, 0.6) is 0 Å². The van der Waals surface area contributed by atoms with Crippen LogP contribution in [0.3, 0.4) is 0 Å². The number of benzene rings is 1. The Balaban J connectivity index is 2.77. The maximum atomic E-state index is 11.9. The highest BCUT2D eigenvalue weighted by molar-refractivity contribution is 5.97. The lowest BCUT2D eigenvalue weighted by Gasteiger charge is -2.10. The fraction of sp³-hybridized carbons (Fsp3) is 0.500. The van der Waals surface area contributed by atoms with Gasteiger partial charge in [0.25, 0.3) is 0 Å². The number of hydrogen-bond donors (Lipinski definition) is 0. The Bertz CT molecular complexity index is 356. The minimum atomic E-state index is 0.190. The van der Waals surface area contributed by atoms with E-state index in [1.165, 1.54) is 5.56 Å². The van der Waals surface area contributed by atoms with E-state index in [0.29, 0.717) is 12.5 Å². The van der Waals surface area contributed by atoms with Gasteiger partial charge in [0.05, 0.1) is 6.54 Å². The summed E-state index contributed by atoms with van der Waals surface area (Å²) in [5.74, 6) is 0.815. The Morgan fingerprint density at radius 2 is 2.00 bits per heavy atom. The summed E-state index contributed by atoms with van der Waals surface area (Å²) in [6.07, 6.45) is 1.03. The van der Waals surface area contributed by atoms with Crippen LogP contribution in [-0.2, 0) is 6.42 Å². The summed E-state index contributed by atoms with van der Waals surface area (Å²) < 4.78 is 0. The molecule has 2 nitrogen and oxygen atoms in total. The second-order valence-corrected chi connectivity index (χ2v) is 4.96. The van der Waals surface area contributed by atoms with Gasteiger partial charge in [-0.3, -0.25) is 4.79 Å². The second kappa shape index (κ2) is 5.80. The monoisotopic (exact) mass is 219 g/mol. The molecule has 0 aliphatic carbocycles. The van der Waals surface area contributed by atoms with Crippen LogP contribution >= 0.6 is 0 Å². The molecule has 0 amide bonds. The van der Waals surface area contributed by atoms with Crippen LogP contribution in [0.15, 0.2) is 24.3 Å². The molecule has 0 aliphatic heterocycles. The number of nitrogens with zero attached hydrogens (tertiary/aromatic N) is 1. The second-order valence-electron chi connectivity index (χ2n) is 4.96. The summed E-state index contributed by atoms with van der Waals surface area (Å²) in [5.41, 5.74) is 2.08. The number of rotatable bonds is 5. The van der Waals surface area contributed by atoms with Crippen molar-refractivity contribution in [1.82, 2.24) is 4.90 Å². The molecule has 16 heavy (non-hydrogen) atoms. The molecule has 0 aliphatic rings. The molecule has 0 heterocycles. The van der Waals surface area contributed by atoms with Crippen LogP contribution in [0.25, 0.3) is 0 Å². The van der Waals surface area contributed by atoms with E-state index in [1.54, 1.807) is 0 Å². The summed E-state index contributed by atoms with van der Waals surface area (Å²) in [5, 5.41) is 0. The Hall–Kier alpha value is -1.15. The van der Waals surface area contributed by atoms with Crippen LogP contribution in [0.2, 0.25) is 0 Å². The van der Waals surface area contributed by atoms with E-state index < -0.39 is 0 Å². The lowest BCUT2D eigenvalue weighted by Crippen LogP contribution is -2.21. The fourth-order valence-corrected chi connectivity index (χ4v) is 1.72. The van der Waals surface area contributed by atoms with Crippen LogP contribution in [0, 0.1) is 5.92 Å². The first-order chi connectivity index (χ1) is 7.49. The molecular formula is C14H21NO. The molecule has 0 radical (unpaired) electrons. The average molecular weight is 219 g/mol. The average Bonchev–Trinajstić information content (AvgIpc) is 2.16. The lowest BCUT2D eigenvalue weighted by molar-refractivity contribution is 0.0957. The molecular weight excluding hydrogens is 198 g/mol. The normalized spacial score (nSPS) is 11.1. The van der Waals surface area contributed by atoms with Crippen molar-refractivity contribution < 1.29 is 4.79 Å². The van der Waals surface area contributed by atoms with Gasteiger partial charge in [0.15, 0.2) is 5.78 Å². The number of likely N-dealkylation sites (N-methyl/N-ethyl adjacent to an activating group) is 1. The molecule has 1 aromatic carbocycles. The summed E-state index contributed by atoms with van der Waals surface area (Å²) in [7, 11) is 3.83. The predicted octanol–water partition coefficient (Wildman–Crippen LogP) is 2.63. The molecule has 0 N–H and O–H groups in total. The molecule has 0 atom stereocenters. The van der Waals surface area contributed by atoms with Crippen molar-refractivity contribution in [2.45, 2.75) is 20.3 Å². The topological polar surface area (TPSA) is 20.3 Å². The number of Topliss-reactive ketones (excluding diaryl/α,β-unsaturated/α-hetero) is 1. The third kappa shape index (κ3) is 4.15. The van der Waals surface area contributed by atoms with E-state index in [1.807, 2.05) is 37.2 Å². The van der Waals surface area contributed by atoms with Crippen molar-refractivity contribution >= 4 is 5.78 Å². The molecule has 88 valence electrons. The van der Waals surface area contributed by atoms with Crippen LogP contribution < -0.4 is 0 Å². The molecule has 0 spiro atoms. The Morgan fingerprint density at radius 3 is 2.56 bits per heavy atom. The molecule has 1 rings (SSSR count). The van der Waals surface area contributed by atoms with E-state index in [0.717, 1.165) is 12.0 Å². The SMILES string of the molecule is CC(C)Cc1cccc(C(=O)CN(C)C)c1. The van der Waals surface area contributed by atoms with E-state index >= 15 is 0 Å². The van der Waals surface area contributed by atoms with Gasteiger partial charge in [-0.1, -0.05) is 32.0 Å². The molecule has 0 saturated carbocycles. The first-order valence-corrected chi connectivity index (χ1v) is 5.76. The lowest BCUT2D eigenvalue weighted by atomic mass is 9.99. The van der Waals surface area contributed by atoms with Gasteiger partial charge in [0.1, 0.15) is 0 Å². The summed E-state index contributed by atoms with van der Waals surface area (Å²) in [6.45, 7) is 4.85. The zero-order valence-corrected chi connectivity index (χ0v) is 10.7. The first-order valence-electron chi connectivity index (χ1n) is 5.76. The van der Waals surface area contributed by atoms with Crippen molar-refractivity contribution in [3.05, 3.63) is 35.4 Å². The van der Waals surface area contributed by atoms with Crippen molar-refractivity contribution in [3.8, 4) is 0 Å². The highest BCUT2D eigenvalue weighted by Gasteiger charge is 2.07. The smallest absolute Gasteiger partial charge is 0.176 e. The highest BCUT2D eigenvalue weighted by atomic mass is 16.1. The summed E-state index contributed by atoms with van der Waals surface area (Å²) in [4.78, 5) is 13.8. The van der Waals surface area contributed by atoms with Crippen molar-refractivity contribution in [2.24, 2.45) is 5.92 Å². The van der Waals surface area contributed by atoms with Crippen LogP contribution in [0.4, 0.5) is 0 Å². The molecule has 0 unspecified atom stereocenters. The minimum absolute atomic E-state index is 0.190. The zero-order chi connectivity index (χ0) is 12.1. The standard InChI is InChI=1S/C14H21NO/c1-11(2)8-12-6-5-7-13(9-12)14(16)10-15(3)4/h5-7,9,11H,8,10H2,1-4H3. The maximum Gasteiger partial charge on any atom is 0.176 e. The van der Waals surface area contributed by atoms with Gasteiger partial charge in [-0.15, -0.1) is 0 Å². The van der Waals surface area contributed by atoms with E-state index in [2.05, 4.69) is 19.9 Å². The fourth-order valence-electron chi connectivity index (χ4n) is 1.72. The van der Waals surface area contributed by atoms with Crippen LogP contribution in [-0.4, -0.2) is 31.3 Å². The van der Waals surface area contributed by atoms with Gasteiger partial charge in [-0.2, -0.15) is 0 Å². The van der Waals surface area contributed by atoms with Crippen molar-refractivity contribution in [1.29, 1.82) is 0 Å². The van der Waals surface area contributed by atoms with Gasteiger partial charge in [-0.05, 0) is 38.1 Å². The Labute approximate surface area is 98.3 Å². The summed E-state index contributed by atoms with van der Waals surface area (Å²) >= 11 is 0. The van der Waals surface area contributed by atoms with E-state index in [-0.39, 0.29) is 5.78 Å². The number of carbonyl (C=O) groups is 1. The zero-order valence-electron chi connectivity index (χ0n) is 10.7. The van der Waals surface area contributed by atoms with Gasteiger partial charge in [0.2, 0.25) is 0 Å². The molecule has 1 aromatic rings. The van der Waals surface area contributed by atoms with E-state index in [4.69, 9.17) is 0 Å². The summed E-state index contributed by atoms with van der Waals surface area (Å²) in [6, 6.07) is 7.98. The molecule has 0 bridgehead atoms. The number of ketones is 1. The van der Waals surface area contributed by atoms with E-state index in [9.17, 15) is 4.79 Å². The van der Waals surface area contributed by atoms with Gasteiger partial charge < -0.3 is 4.90 Å². The van der Waals surface area contributed by atoms with Crippen LogP contribution in [0.1, 0.15) is 29.8 Å². The van der Waals surface area contributed by atoms with Crippen molar-refractivity contribution in [2.75, 3.05) is 20.6 Å². The van der Waals surface area contributed by atoms with Gasteiger partial charge in [-0.25, -0.2) is 0 Å². The largest absolute Gasteiger partial charge is 0.302 e. The molecule has 0 aromatic heterocycles. The van der Waals surface area contributed by atoms with Gasteiger partial charge >= 0.3 is 0 Å². The number of hydrogen-bond acceptors (Lipinski definition) is 2.